The van der Waals surface area contributed by atoms with E-state index in [9.17, 15) is 9.59 Å². The Morgan fingerprint density at radius 1 is 0.727 bits per heavy atom. The molecule has 0 fully saturated rings. The van der Waals surface area contributed by atoms with Crippen LogP contribution >= 0.6 is 0 Å². The zero-order valence-electron chi connectivity index (χ0n) is 20.7. The Bertz CT molecular complexity index is 619. The number of carbonyl (C=O) groups is 2. The Balaban J connectivity index is 1.87. The van der Waals surface area contributed by atoms with E-state index in [1.165, 1.54) is 89.9 Å². The van der Waals surface area contributed by atoms with Gasteiger partial charge in [-0.05, 0) is 30.7 Å². The largest absolute Gasteiger partial charge is 0.482 e. The van der Waals surface area contributed by atoms with Crippen LogP contribution in [0.5, 0.6) is 5.75 Å². The van der Waals surface area contributed by atoms with Crippen molar-refractivity contribution >= 4 is 17.7 Å². The molecular weight excluding hydrogens is 416 g/mol. The van der Waals surface area contributed by atoms with Crippen LogP contribution in [-0.2, 0) is 4.79 Å². The standard InChI is InChI=1S/C27H46N2O4/c1-2-3-4-5-6-7-8-9-10-11-12-13-14-15-16-17-22-28-27(32)29-24-18-20-25(21-19-24)33-23-26(30)31/h18-21H,2-17,22-23H2,1H3,(H,30,31)(H2,28,29,32). The Morgan fingerprint density at radius 3 is 1.64 bits per heavy atom. The molecule has 1 rings (SSSR count). The lowest BCUT2D eigenvalue weighted by Crippen LogP contribution is -2.29. The third-order valence-corrected chi connectivity index (χ3v) is 5.79. The molecule has 0 aromatic heterocycles. The third-order valence-electron chi connectivity index (χ3n) is 5.79. The molecule has 0 radical (unpaired) electrons. The molecule has 0 saturated heterocycles. The molecule has 3 N–H and O–H groups in total. The number of anilines is 1. The molecular formula is C27H46N2O4. The fraction of sp³-hybridized carbons (Fsp3) is 0.704. The first-order valence-corrected chi connectivity index (χ1v) is 13.1. The quantitative estimate of drug-likeness (QED) is 0.165. The van der Waals surface area contributed by atoms with Gasteiger partial charge < -0.3 is 20.5 Å². The van der Waals surface area contributed by atoms with Gasteiger partial charge in [0.25, 0.3) is 0 Å². The number of urea groups is 1. The predicted molar refractivity (Wildman–Crippen MR) is 136 cm³/mol. The van der Waals surface area contributed by atoms with E-state index in [2.05, 4.69) is 17.6 Å². The highest BCUT2D eigenvalue weighted by molar-refractivity contribution is 5.89. The van der Waals surface area contributed by atoms with Gasteiger partial charge in [-0.1, -0.05) is 103 Å². The maximum absolute atomic E-state index is 11.9. The number of carbonyl (C=O) groups excluding carboxylic acids is 1. The van der Waals surface area contributed by atoms with Gasteiger partial charge >= 0.3 is 12.0 Å². The second kappa shape index (κ2) is 20.4. The lowest BCUT2D eigenvalue weighted by atomic mass is 10.0. The Labute approximate surface area is 200 Å². The van der Waals surface area contributed by atoms with Crippen molar-refractivity contribution in [1.82, 2.24) is 5.32 Å². The van der Waals surface area contributed by atoms with Crippen LogP contribution in [0.25, 0.3) is 0 Å². The number of carboxylic acid groups (broad SMARTS) is 1. The smallest absolute Gasteiger partial charge is 0.341 e. The van der Waals surface area contributed by atoms with Crippen molar-refractivity contribution in [3.63, 3.8) is 0 Å². The van der Waals surface area contributed by atoms with E-state index < -0.39 is 5.97 Å². The van der Waals surface area contributed by atoms with Crippen molar-refractivity contribution in [3.8, 4) is 5.75 Å². The average molecular weight is 463 g/mol. The van der Waals surface area contributed by atoms with Gasteiger partial charge in [0.2, 0.25) is 0 Å². The maximum Gasteiger partial charge on any atom is 0.341 e. The SMILES string of the molecule is CCCCCCCCCCCCCCCCCCNC(=O)Nc1ccc(OCC(=O)O)cc1. The van der Waals surface area contributed by atoms with Crippen molar-refractivity contribution in [3.05, 3.63) is 24.3 Å². The first-order valence-electron chi connectivity index (χ1n) is 13.1. The Morgan fingerprint density at radius 2 is 1.18 bits per heavy atom. The van der Waals surface area contributed by atoms with Gasteiger partial charge in [-0.2, -0.15) is 0 Å². The summed E-state index contributed by atoms with van der Waals surface area (Å²) in [5.41, 5.74) is 0.641. The van der Waals surface area contributed by atoms with Crippen LogP contribution in [0.2, 0.25) is 0 Å². The second-order valence-corrected chi connectivity index (χ2v) is 8.89. The summed E-state index contributed by atoms with van der Waals surface area (Å²) in [6.07, 6.45) is 21.4. The van der Waals surface area contributed by atoms with Crippen molar-refractivity contribution in [2.75, 3.05) is 18.5 Å². The van der Waals surface area contributed by atoms with Gasteiger partial charge in [0.1, 0.15) is 5.75 Å². The van der Waals surface area contributed by atoms with E-state index in [-0.39, 0.29) is 12.6 Å². The van der Waals surface area contributed by atoms with E-state index in [1.54, 1.807) is 24.3 Å². The van der Waals surface area contributed by atoms with Gasteiger partial charge in [-0.25, -0.2) is 9.59 Å². The lowest BCUT2D eigenvalue weighted by Gasteiger charge is -2.09. The predicted octanol–water partition coefficient (Wildman–Crippen LogP) is 7.53. The molecule has 6 heteroatoms. The minimum Gasteiger partial charge on any atom is -0.482 e. The van der Waals surface area contributed by atoms with Crippen molar-refractivity contribution in [2.45, 2.75) is 110 Å². The number of aliphatic carboxylic acids is 1. The normalized spacial score (nSPS) is 10.7. The monoisotopic (exact) mass is 462 g/mol. The van der Waals surface area contributed by atoms with Crippen LogP contribution in [0.1, 0.15) is 110 Å². The number of nitrogens with one attached hydrogen (secondary N) is 2. The number of benzene rings is 1. The Kier molecular flexibility index (Phi) is 17.8. The molecule has 0 aliphatic rings. The molecule has 0 bridgehead atoms. The molecule has 0 aliphatic heterocycles. The lowest BCUT2D eigenvalue weighted by molar-refractivity contribution is -0.139. The number of hydrogen-bond donors (Lipinski definition) is 3. The molecule has 188 valence electrons. The molecule has 0 aliphatic carbocycles. The third kappa shape index (κ3) is 17.9. The number of rotatable bonds is 21. The zero-order valence-corrected chi connectivity index (χ0v) is 20.7. The van der Waals surface area contributed by atoms with E-state index >= 15 is 0 Å². The highest BCUT2D eigenvalue weighted by Crippen LogP contribution is 2.16. The van der Waals surface area contributed by atoms with E-state index in [0.29, 0.717) is 18.0 Å². The molecule has 0 atom stereocenters. The van der Waals surface area contributed by atoms with Crippen LogP contribution in [0.3, 0.4) is 0 Å². The molecule has 2 amide bonds. The fourth-order valence-corrected chi connectivity index (χ4v) is 3.83. The molecule has 33 heavy (non-hydrogen) atoms. The van der Waals surface area contributed by atoms with Gasteiger partial charge in [-0.3, -0.25) is 0 Å². The van der Waals surface area contributed by atoms with Crippen LogP contribution in [0, 0.1) is 0 Å². The Hall–Kier alpha value is -2.24. The summed E-state index contributed by atoms with van der Waals surface area (Å²) >= 11 is 0. The van der Waals surface area contributed by atoms with E-state index in [1.807, 2.05) is 0 Å². The van der Waals surface area contributed by atoms with Crippen LogP contribution in [0.4, 0.5) is 10.5 Å². The van der Waals surface area contributed by atoms with Gasteiger partial charge in [-0.15, -0.1) is 0 Å². The summed E-state index contributed by atoms with van der Waals surface area (Å²) in [4.78, 5) is 22.4. The molecule has 0 saturated carbocycles. The summed E-state index contributed by atoms with van der Waals surface area (Å²) < 4.78 is 5.07. The summed E-state index contributed by atoms with van der Waals surface area (Å²) in [5, 5.41) is 14.2. The first kappa shape index (κ1) is 28.8. The number of carboxylic acids is 1. The highest BCUT2D eigenvalue weighted by Gasteiger charge is 2.03. The van der Waals surface area contributed by atoms with Crippen LogP contribution < -0.4 is 15.4 Å². The molecule has 0 heterocycles. The van der Waals surface area contributed by atoms with Crippen LogP contribution in [0.15, 0.2) is 24.3 Å². The van der Waals surface area contributed by atoms with Gasteiger partial charge in [0.15, 0.2) is 6.61 Å². The van der Waals surface area contributed by atoms with Gasteiger partial charge in [0, 0.05) is 12.2 Å². The van der Waals surface area contributed by atoms with Crippen molar-refractivity contribution in [2.24, 2.45) is 0 Å². The maximum atomic E-state index is 11.9. The summed E-state index contributed by atoms with van der Waals surface area (Å²) in [7, 11) is 0. The topological polar surface area (TPSA) is 87.7 Å². The molecule has 6 nitrogen and oxygen atoms in total. The van der Waals surface area contributed by atoms with Crippen molar-refractivity contribution < 1.29 is 19.4 Å². The summed E-state index contributed by atoms with van der Waals surface area (Å²) in [6, 6.07) is 6.41. The average Bonchev–Trinajstić information content (AvgIpc) is 2.80. The van der Waals surface area contributed by atoms with Crippen molar-refractivity contribution in [1.29, 1.82) is 0 Å². The number of unbranched alkanes of at least 4 members (excludes halogenated alkanes) is 15. The summed E-state index contributed by atoms with van der Waals surface area (Å²) in [6.45, 7) is 2.56. The first-order chi connectivity index (χ1) is 16.1. The molecule has 0 spiro atoms. The zero-order chi connectivity index (χ0) is 24.0. The summed E-state index contributed by atoms with van der Waals surface area (Å²) in [5.74, 6) is -0.567. The van der Waals surface area contributed by atoms with E-state index in [4.69, 9.17) is 9.84 Å². The minimum absolute atomic E-state index is 0.227. The number of amides is 2. The van der Waals surface area contributed by atoms with E-state index in [0.717, 1.165) is 12.8 Å². The number of ether oxygens (including phenoxy) is 1. The van der Waals surface area contributed by atoms with Gasteiger partial charge in [0.05, 0.1) is 0 Å². The molecule has 0 unspecified atom stereocenters. The number of hydrogen-bond acceptors (Lipinski definition) is 3. The molecule has 1 aromatic rings. The fourth-order valence-electron chi connectivity index (χ4n) is 3.83. The van der Waals surface area contributed by atoms with Crippen LogP contribution in [-0.4, -0.2) is 30.3 Å². The second-order valence-electron chi connectivity index (χ2n) is 8.89. The minimum atomic E-state index is -1.02. The molecule has 1 aromatic carbocycles. The highest BCUT2D eigenvalue weighted by atomic mass is 16.5.